The molecule has 0 unspecified atom stereocenters. The first-order valence-corrected chi connectivity index (χ1v) is 7.60. The predicted molar refractivity (Wildman–Crippen MR) is 76.3 cm³/mol. The van der Waals surface area contributed by atoms with Gasteiger partial charge in [0.2, 0.25) is 5.01 Å². The summed E-state index contributed by atoms with van der Waals surface area (Å²) >= 11 is 3.04. The van der Waals surface area contributed by atoms with E-state index in [2.05, 4.69) is 24.0 Å². The van der Waals surface area contributed by atoms with Crippen molar-refractivity contribution in [2.45, 2.75) is 12.7 Å². The highest BCUT2D eigenvalue weighted by atomic mass is 32.2. The molecule has 3 nitrogen and oxygen atoms in total. The molecule has 0 aliphatic carbocycles. The quantitative estimate of drug-likeness (QED) is 0.905. The monoisotopic (exact) mass is 279 g/mol. The first kappa shape index (κ1) is 13.1. The van der Waals surface area contributed by atoms with E-state index >= 15 is 0 Å². The van der Waals surface area contributed by atoms with Gasteiger partial charge in [-0.15, -0.1) is 11.3 Å². The lowest BCUT2D eigenvalue weighted by molar-refractivity contribution is 0.0696. The van der Waals surface area contributed by atoms with Crippen molar-refractivity contribution in [2.75, 3.05) is 5.75 Å². The molecule has 0 amide bonds. The molecule has 18 heavy (non-hydrogen) atoms. The van der Waals surface area contributed by atoms with E-state index in [4.69, 9.17) is 5.11 Å². The number of aromatic carboxylic acids is 1. The van der Waals surface area contributed by atoms with Crippen LogP contribution in [0.25, 0.3) is 11.3 Å². The zero-order valence-electron chi connectivity index (χ0n) is 9.92. The van der Waals surface area contributed by atoms with Gasteiger partial charge >= 0.3 is 5.97 Å². The van der Waals surface area contributed by atoms with E-state index in [1.165, 1.54) is 5.56 Å². The van der Waals surface area contributed by atoms with Crippen LogP contribution in [-0.4, -0.2) is 21.8 Å². The van der Waals surface area contributed by atoms with Gasteiger partial charge in [-0.05, 0) is 11.3 Å². The molecule has 0 radical (unpaired) electrons. The zero-order valence-corrected chi connectivity index (χ0v) is 11.6. The molecule has 0 saturated carbocycles. The van der Waals surface area contributed by atoms with Gasteiger partial charge < -0.3 is 5.11 Å². The van der Waals surface area contributed by atoms with Crippen LogP contribution in [0.5, 0.6) is 0 Å². The molecule has 0 aliphatic heterocycles. The van der Waals surface area contributed by atoms with Crippen LogP contribution < -0.4 is 0 Å². The smallest absolute Gasteiger partial charge is 0.365 e. The third-order valence-electron chi connectivity index (χ3n) is 2.41. The fourth-order valence-corrected chi connectivity index (χ4v) is 2.79. The van der Waals surface area contributed by atoms with Crippen LogP contribution in [0.2, 0.25) is 0 Å². The number of benzene rings is 1. The predicted octanol–water partition coefficient (Wildman–Crippen LogP) is 3.76. The number of hydrogen-bond donors (Lipinski definition) is 1. The number of carboxylic acid groups (broad SMARTS) is 1. The normalized spacial score (nSPS) is 10.5. The van der Waals surface area contributed by atoms with E-state index < -0.39 is 5.97 Å². The maximum absolute atomic E-state index is 10.8. The van der Waals surface area contributed by atoms with Crippen molar-refractivity contribution in [3.05, 3.63) is 40.2 Å². The standard InChI is InChI=1S/C13H13NO2S2/c1-2-17-7-9-3-5-10(6-4-9)11-8-18-12(14-11)13(15)16/h3-6,8H,2,7H2,1H3,(H,15,16). The van der Waals surface area contributed by atoms with Gasteiger partial charge in [-0.25, -0.2) is 9.78 Å². The number of carboxylic acids is 1. The highest BCUT2D eigenvalue weighted by molar-refractivity contribution is 7.98. The summed E-state index contributed by atoms with van der Waals surface area (Å²) in [6, 6.07) is 8.12. The van der Waals surface area contributed by atoms with Crippen molar-refractivity contribution in [1.29, 1.82) is 0 Å². The van der Waals surface area contributed by atoms with Gasteiger partial charge in [0.05, 0.1) is 5.69 Å². The summed E-state index contributed by atoms with van der Waals surface area (Å²) < 4.78 is 0. The topological polar surface area (TPSA) is 50.2 Å². The zero-order chi connectivity index (χ0) is 13.0. The van der Waals surface area contributed by atoms with Crippen LogP contribution in [0.3, 0.4) is 0 Å². The fourth-order valence-electron chi connectivity index (χ4n) is 1.50. The van der Waals surface area contributed by atoms with Crippen LogP contribution in [0.1, 0.15) is 22.3 Å². The number of carbonyl (C=O) groups is 1. The third-order valence-corrected chi connectivity index (χ3v) is 4.19. The van der Waals surface area contributed by atoms with E-state index in [0.29, 0.717) is 0 Å². The van der Waals surface area contributed by atoms with Crippen LogP contribution in [-0.2, 0) is 5.75 Å². The molecule has 1 N–H and O–H groups in total. The van der Waals surface area contributed by atoms with Crippen LogP contribution in [0, 0.1) is 0 Å². The summed E-state index contributed by atoms with van der Waals surface area (Å²) in [4.78, 5) is 14.8. The highest BCUT2D eigenvalue weighted by Crippen LogP contribution is 2.23. The highest BCUT2D eigenvalue weighted by Gasteiger charge is 2.09. The molecule has 1 aromatic carbocycles. The minimum Gasteiger partial charge on any atom is -0.476 e. The second-order valence-corrected chi connectivity index (χ2v) is 5.81. The summed E-state index contributed by atoms with van der Waals surface area (Å²) in [7, 11) is 0. The Morgan fingerprint density at radius 3 is 2.67 bits per heavy atom. The SMILES string of the molecule is CCSCc1ccc(-c2csc(C(=O)O)n2)cc1. The van der Waals surface area contributed by atoms with Crippen LogP contribution in [0.15, 0.2) is 29.6 Å². The number of thiazole rings is 1. The maximum atomic E-state index is 10.8. The van der Waals surface area contributed by atoms with Gasteiger partial charge in [0.1, 0.15) is 0 Å². The molecule has 1 heterocycles. The van der Waals surface area contributed by atoms with Crippen molar-refractivity contribution in [1.82, 2.24) is 4.98 Å². The molecule has 0 aliphatic rings. The average Bonchev–Trinajstić information content (AvgIpc) is 2.87. The number of nitrogens with zero attached hydrogens (tertiary/aromatic N) is 1. The third kappa shape index (κ3) is 3.11. The molecule has 0 spiro atoms. The van der Waals surface area contributed by atoms with Crippen LogP contribution in [0.4, 0.5) is 0 Å². The van der Waals surface area contributed by atoms with Gasteiger partial charge in [0.25, 0.3) is 0 Å². The molecular formula is C13H13NO2S2. The number of thioether (sulfide) groups is 1. The molecule has 1 aromatic heterocycles. The van der Waals surface area contributed by atoms with Gasteiger partial charge in [-0.3, -0.25) is 0 Å². The lowest BCUT2D eigenvalue weighted by atomic mass is 10.1. The summed E-state index contributed by atoms with van der Waals surface area (Å²) in [5.74, 6) is 1.14. The van der Waals surface area contributed by atoms with E-state index in [1.54, 1.807) is 5.38 Å². The minimum atomic E-state index is -0.970. The molecule has 0 saturated heterocycles. The van der Waals surface area contributed by atoms with Crippen molar-refractivity contribution in [3.8, 4) is 11.3 Å². The largest absolute Gasteiger partial charge is 0.476 e. The second-order valence-electron chi connectivity index (χ2n) is 3.68. The summed E-state index contributed by atoms with van der Waals surface area (Å²) in [5, 5.41) is 10.7. The Kier molecular flexibility index (Phi) is 4.38. The Balaban J connectivity index is 2.15. The van der Waals surface area contributed by atoms with Crippen molar-refractivity contribution < 1.29 is 9.90 Å². The lowest BCUT2D eigenvalue weighted by Crippen LogP contribution is -1.94. The fraction of sp³-hybridized carbons (Fsp3) is 0.231. The van der Waals surface area contributed by atoms with E-state index in [9.17, 15) is 4.79 Å². The number of hydrogen-bond acceptors (Lipinski definition) is 4. The Hall–Kier alpha value is -1.33. The molecule has 0 fully saturated rings. The van der Waals surface area contributed by atoms with Crippen molar-refractivity contribution in [2.24, 2.45) is 0 Å². The Labute approximate surface area is 114 Å². The molecule has 5 heteroatoms. The molecule has 0 atom stereocenters. The molecular weight excluding hydrogens is 266 g/mol. The minimum absolute atomic E-state index is 0.135. The summed E-state index contributed by atoms with van der Waals surface area (Å²) in [6.07, 6.45) is 0. The van der Waals surface area contributed by atoms with Crippen molar-refractivity contribution >= 4 is 29.1 Å². The molecule has 94 valence electrons. The first-order chi connectivity index (χ1) is 8.70. The molecule has 0 bridgehead atoms. The number of aromatic nitrogens is 1. The van der Waals surface area contributed by atoms with Gasteiger partial charge in [0, 0.05) is 16.7 Å². The average molecular weight is 279 g/mol. The Bertz CT molecular complexity index is 534. The Morgan fingerprint density at radius 2 is 2.11 bits per heavy atom. The Morgan fingerprint density at radius 1 is 1.39 bits per heavy atom. The second kappa shape index (κ2) is 6.02. The molecule has 2 aromatic rings. The van der Waals surface area contributed by atoms with Gasteiger partial charge in [0.15, 0.2) is 0 Å². The maximum Gasteiger partial charge on any atom is 0.365 e. The van der Waals surface area contributed by atoms with E-state index in [0.717, 1.165) is 34.1 Å². The summed E-state index contributed by atoms with van der Waals surface area (Å²) in [6.45, 7) is 2.14. The first-order valence-electron chi connectivity index (χ1n) is 5.56. The lowest BCUT2D eigenvalue weighted by Gasteiger charge is -2.01. The summed E-state index contributed by atoms with van der Waals surface area (Å²) in [5.41, 5.74) is 2.97. The van der Waals surface area contributed by atoms with Gasteiger partial charge in [-0.2, -0.15) is 11.8 Å². The van der Waals surface area contributed by atoms with Crippen molar-refractivity contribution in [3.63, 3.8) is 0 Å². The van der Waals surface area contributed by atoms with E-state index in [1.807, 2.05) is 23.9 Å². The van der Waals surface area contributed by atoms with E-state index in [-0.39, 0.29) is 5.01 Å². The molecule has 2 rings (SSSR count). The van der Waals surface area contributed by atoms with Gasteiger partial charge in [-0.1, -0.05) is 31.2 Å². The van der Waals surface area contributed by atoms with Crippen LogP contribution >= 0.6 is 23.1 Å². The number of rotatable bonds is 5.